The fraction of sp³-hybridized carbons (Fsp3) is 0.692. The zero-order chi connectivity index (χ0) is 14.2. The van der Waals surface area contributed by atoms with Crippen LogP contribution in [-0.4, -0.2) is 42.8 Å². The summed E-state index contributed by atoms with van der Waals surface area (Å²) in [6.07, 6.45) is 2.77. The molecule has 0 fully saturated rings. The van der Waals surface area contributed by atoms with E-state index in [-0.39, 0.29) is 6.54 Å². The highest BCUT2D eigenvalue weighted by molar-refractivity contribution is 5.77. The number of unbranched alkanes of at least 4 members (excludes halogenated alkanes) is 1. The van der Waals surface area contributed by atoms with Crippen molar-refractivity contribution < 1.29 is 19.1 Å². The summed E-state index contributed by atoms with van der Waals surface area (Å²) in [5, 5.41) is 0. The van der Waals surface area contributed by atoms with Gasteiger partial charge in [0.15, 0.2) is 0 Å². The van der Waals surface area contributed by atoms with Gasteiger partial charge in [-0.25, -0.2) is 4.79 Å². The molecular weight excluding hydrogens is 234 g/mol. The molecule has 0 heterocycles. The van der Waals surface area contributed by atoms with Crippen LogP contribution in [0.3, 0.4) is 0 Å². The molecule has 0 atom stereocenters. The number of hydrogen-bond donors (Lipinski definition) is 0. The van der Waals surface area contributed by atoms with Crippen molar-refractivity contribution in [1.82, 2.24) is 4.90 Å². The van der Waals surface area contributed by atoms with Gasteiger partial charge in [0.05, 0.1) is 6.61 Å². The van der Waals surface area contributed by atoms with Crippen LogP contribution in [0.4, 0.5) is 4.79 Å². The van der Waals surface area contributed by atoms with Gasteiger partial charge in [0.2, 0.25) is 0 Å². The highest BCUT2D eigenvalue weighted by Gasteiger charge is 2.21. The van der Waals surface area contributed by atoms with Gasteiger partial charge in [-0.2, -0.15) is 0 Å². The van der Waals surface area contributed by atoms with Crippen LogP contribution >= 0.6 is 0 Å². The molecule has 0 N–H and O–H groups in total. The molecule has 0 saturated carbocycles. The Morgan fingerprint density at radius 1 is 1.33 bits per heavy atom. The molecule has 0 bridgehead atoms. The van der Waals surface area contributed by atoms with Crippen molar-refractivity contribution in [3.05, 3.63) is 12.7 Å². The molecule has 0 rings (SSSR count). The number of esters is 1. The Hall–Kier alpha value is -1.52. The van der Waals surface area contributed by atoms with Crippen LogP contribution in [0.5, 0.6) is 0 Å². The minimum atomic E-state index is -0.570. The molecule has 0 radical (unpaired) electrons. The quantitative estimate of drug-likeness (QED) is 0.416. The van der Waals surface area contributed by atoms with Gasteiger partial charge in [-0.05, 0) is 33.6 Å². The van der Waals surface area contributed by atoms with Gasteiger partial charge in [-0.1, -0.05) is 6.08 Å². The van der Waals surface area contributed by atoms with E-state index in [0.717, 1.165) is 12.8 Å². The molecule has 5 heteroatoms. The first-order valence-electron chi connectivity index (χ1n) is 5.97. The standard InChI is InChI=1S/C13H23NO4/c1-6-7-8-9-17-11(15)10-14(5)12(16)18-13(2,3)4/h6H,1,7-10H2,2-5H3. The van der Waals surface area contributed by atoms with Crippen LogP contribution in [0.15, 0.2) is 12.7 Å². The van der Waals surface area contributed by atoms with Crippen LogP contribution in [0, 0.1) is 0 Å². The zero-order valence-corrected chi connectivity index (χ0v) is 11.7. The van der Waals surface area contributed by atoms with E-state index in [1.807, 2.05) is 0 Å². The van der Waals surface area contributed by atoms with Gasteiger partial charge < -0.3 is 14.4 Å². The summed E-state index contributed by atoms with van der Waals surface area (Å²) in [7, 11) is 1.50. The van der Waals surface area contributed by atoms with Gasteiger partial charge in [-0.3, -0.25) is 4.79 Å². The molecule has 0 saturated heterocycles. The van der Waals surface area contributed by atoms with Crippen LogP contribution in [0.2, 0.25) is 0 Å². The molecule has 1 amide bonds. The third-order valence-electron chi connectivity index (χ3n) is 1.89. The van der Waals surface area contributed by atoms with Crippen molar-refractivity contribution in [3.63, 3.8) is 0 Å². The monoisotopic (exact) mass is 257 g/mol. The van der Waals surface area contributed by atoms with E-state index in [9.17, 15) is 9.59 Å². The number of ether oxygens (including phenoxy) is 2. The fourth-order valence-electron chi connectivity index (χ4n) is 1.06. The van der Waals surface area contributed by atoms with Gasteiger partial charge >= 0.3 is 12.1 Å². The Morgan fingerprint density at radius 2 is 1.94 bits per heavy atom. The maximum atomic E-state index is 11.6. The Balaban J connectivity index is 3.92. The van der Waals surface area contributed by atoms with Crippen molar-refractivity contribution in [2.75, 3.05) is 20.2 Å². The summed E-state index contributed by atoms with van der Waals surface area (Å²) in [6.45, 7) is 9.12. The second-order valence-electron chi connectivity index (χ2n) is 4.99. The highest BCUT2D eigenvalue weighted by atomic mass is 16.6. The van der Waals surface area contributed by atoms with E-state index in [4.69, 9.17) is 9.47 Å². The van der Waals surface area contributed by atoms with Crippen molar-refractivity contribution in [3.8, 4) is 0 Å². The van der Waals surface area contributed by atoms with Gasteiger partial charge in [-0.15, -0.1) is 6.58 Å². The SMILES string of the molecule is C=CCCCOC(=O)CN(C)C(=O)OC(C)(C)C. The first-order chi connectivity index (χ1) is 8.26. The minimum Gasteiger partial charge on any atom is -0.464 e. The third kappa shape index (κ3) is 8.61. The minimum absolute atomic E-state index is 0.108. The Labute approximate surface area is 109 Å². The van der Waals surface area contributed by atoms with Crippen molar-refractivity contribution >= 4 is 12.1 Å². The lowest BCUT2D eigenvalue weighted by molar-refractivity contribution is -0.144. The number of carbonyl (C=O) groups excluding carboxylic acids is 2. The summed E-state index contributed by atoms with van der Waals surface area (Å²) >= 11 is 0. The largest absolute Gasteiger partial charge is 0.464 e. The second-order valence-corrected chi connectivity index (χ2v) is 4.99. The molecule has 0 aliphatic carbocycles. The molecule has 5 nitrogen and oxygen atoms in total. The lowest BCUT2D eigenvalue weighted by atomic mass is 10.2. The summed E-state index contributed by atoms with van der Waals surface area (Å²) in [5.41, 5.74) is -0.570. The van der Waals surface area contributed by atoms with Crippen LogP contribution < -0.4 is 0 Å². The summed E-state index contributed by atoms with van der Waals surface area (Å²) in [4.78, 5) is 24.1. The van der Waals surface area contributed by atoms with Crippen molar-refractivity contribution in [2.45, 2.75) is 39.2 Å². The highest BCUT2D eigenvalue weighted by Crippen LogP contribution is 2.08. The van der Waals surface area contributed by atoms with Crippen LogP contribution in [0.1, 0.15) is 33.6 Å². The number of nitrogens with zero attached hydrogens (tertiary/aromatic N) is 1. The molecule has 0 aromatic heterocycles. The molecule has 0 unspecified atom stereocenters. The molecule has 0 spiro atoms. The first-order valence-corrected chi connectivity index (χ1v) is 5.97. The molecule has 104 valence electrons. The Kier molecular flexibility index (Phi) is 7.08. The fourth-order valence-corrected chi connectivity index (χ4v) is 1.06. The lowest BCUT2D eigenvalue weighted by Gasteiger charge is -2.24. The molecule has 0 aliphatic rings. The summed E-state index contributed by atoms with van der Waals surface area (Å²) in [6, 6.07) is 0. The Morgan fingerprint density at radius 3 is 2.44 bits per heavy atom. The molecule has 18 heavy (non-hydrogen) atoms. The normalized spacial score (nSPS) is 10.7. The topological polar surface area (TPSA) is 55.8 Å². The molecular formula is C13H23NO4. The second kappa shape index (κ2) is 7.74. The predicted octanol–water partition coefficient (Wildman–Crippen LogP) is 2.36. The first kappa shape index (κ1) is 16.5. The maximum absolute atomic E-state index is 11.6. The number of rotatable bonds is 6. The Bertz CT molecular complexity index is 294. The molecule has 0 aromatic carbocycles. The van der Waals surface area contributed by atoms with Crippen molar-refractivity contribution in [2.24, 2.45) is 0 Å². The van der Waals surface area contributed by atoms with Crippen molar-refractivity contribution in [1.29, 1.82) is 0 Å². The smallest absolute Gasteiger partial charge is 0.410 e. The van der Waals surface area contributed by atoms with E-state index in [1.54, 1.807) is 26.8 Å². The number of hydrogen-bond acceptors (Lipinski definition) is 4. The zero-order valence-electron chi connectivity index (χ0n) is 11.7. The number of carbonyl (C=O) groups is 2. The average molecular weight is 257 g/mol. The molecule has 0 aromatic rings. The summed E-state index contributed by atoms with van der Waals surface area (Å²) < 4.78 is 10.1. The van der Waals surface area contributed by atoms with Gasteiger partial charge in [0.1, 0.15) is 12.1 Å². The van der Waals surface area contributed by atoms with E-state index in [0.29, 0.717) is 6.61 Å². The molecule has 0 aliphatic heterocycles. The maximum Gasteiger partial charge on any atom is 0.410 e. The predicted molar refractivity (Wildman–Crippen MR) is 69.3 cm³/mol. The van der Waals surface area contributed by atoms with E-state index in [2.05, 4.69) is 6.58 Å². The number of likely N-dealkylation sites (N-methyl/N-ethyl adjacent to an activating group) is 1. The van der Waals surface area contributed by atoms with E-state index < -0.39 is 17.7 Å². The number of allylic oxidation sites excluding steroid dienone is 1. The lowest BCUT2D eigenvalue weighted by Crippen LogP contribution is -2.37. The van der Waals surface area contributed by atoms with Crippen LogP contribution in [0.25, 0.3) is 0 Å². The van der Waals surface area contributed by atoms with E-state index >= 15 is 0 Å². The third-order valence-corrected chi connectivity index (χ3v) is 1.89. The average Bonchev–Trinajstić information content (AvgIpc) is 2.22. The van der Waals surface area contributed by atoms with Gasteiger partial charge in [0, 0.05) is 7.05 Å². The summed E-state index contributed by atoms with van der Waals surface area (Å²) in [5.74, 6) is -0.438. The van der Waals surface area contributed by atoms with Gasteiger partial charge in [0.25, 0.3) is 0 Å². The number of amides is 1. The van der Waals surface area contributed by atoms with E-state index in [1.165, 1.54) is 11.9 Å². The van der Waals surface area contributed by atoms with Crippen LogP contribution in [-0.2, 0) is 14.3 Å².